The minimum Gasteiger partial charge on any atom is -0.370 e. The van der Waals surface area contributed by atoms with Crippen LogP contribution in [0.25, 0.3) is 0 Å². The maximum Gasteiger partial charge on any atom is 0.161 e. The molecule has 5 heteroatoms. The molecule has 1 N–H and O–H groups in total. The van der Waals surface area contributed by atoms with Gasteiger partial charge in [-0.05, 0) is 43.7 Å². The summed E-state index contributed by atoms with van der Waals surface area (Å²) in [5.74, 6) is 0.668. The van der Waals surface area contributed by atoms with Crippen molar-refractivity contribution < 1.29 is 0 Å². The van der Waals surface area contributed by atoms with Crippen LogP contribution in [0.15, 0.2) is 36.4 Å². The van der Waals surface area contributed by atoms with Gasteiger partial charge in [0.25, 0.3) is 0 Å². The minimum atomic E-state index is 0.248. The zero-order valence-electron chi connectivity index (χ0n) is 12.8. The standard InChI is InChI=1S/C17H19ClN4/c1-3-22(14-6-4-5-13(2)11-14)10-9-20-17-8-7-15(18)16(12-19)21-17/h4-8,11H,3,9-10H2,1-2H3,(H,20,21). The van der Waals surface area contributed by atoms with Crippen molar-refractivity contribution in [3.8, 4) is 6.07 Å². The van der Waals surface area contributed by atoms with Crippen molar-refractivity contribution in [1.29, 1.82) is 5.26 Å². The number of anilines is 2. The molecule has 1 aromatic heterocycles. The van der Waals surface area contributed by atoms with Gasteiger partial charge in [0.2, 0.25) is 0 Å². The molecule has 0 aliphatic rings. The van der Waals surface area contributed by atoms with Crippen LogP contribution in [0.4, 0.5) is 11.5 Å². The molecule has 1 heterocycles. The van der Waals surface area contributed by atoms with Crippen LogP contribution in [0.2, 0.25) is 5.02 Å². The molecule has 4 nitrogen and oxygen atoms in total. The number of aryl methyl sites for hydroxylation is 1. The van der Waals surface area contributed by atoms with E-state index in [0.29, 0.717) is 10.8 Å². The van der Waals surface area contributed by atoms with Gasteiger partial charge in [0.05, 0.1) is 5.02 Å². The zero-order valence-corrected chi connectivity index (χ0v) is 13.6. The third kappa shape index (κ3) is 4.12. The molecule has 0 aliphatic carbocycles. The van der Waals surface area contributed by atoms with Gasteiger partial charge in [0, 0.05) is 25.3 Å². The summed E-state index contributed by atoms with van der Waals surface area (Å²) in [7, 11) is 0. The van der Waals surface area contributed by atoms with Crippen LogP contribution in [0.3, 0.4) is 0 Å². The fourth-order valence-electron chi connectivity index (χ4n) is 2.23. The second kappa shape index (κ2) is 7.67. The highest BCUT2D eigenvalue weighted by Crippen LogP contribution is 2.17. The summed E-state index contributed by atoms with van der Waals surface area (Å²) in [4.78, 5) is 6.47. The van der Waals surface area contributed by atoms with Crippen LogP contribution in [-0.4, -0.2) is 24.6 Å². The Balaban J connectivity index is 1.96. The molecule has 0 aliphatic heterocycles. The molecule has 114 valence electrons. The highest BCUT2D eigenvalue weighted by molar-refractivity contribution is 6.31. The number of nitrogens with one attached hydrogen (secondary N) is 1. The highest BCUT2D eigenvalue weighted by atomic mass is 35.5. The van der Waals surface area contributed by atoms with Crippen molar-refractivity contribution in [3.63, 3.8) is 0 Å². The van der Waals surface area contributed by atoms with Gasteiger partial charge in [-0.1, -0.05) is 23.7 Å². The molecule has 2 rings (SSSR count). The normalized spacial score (nSPS) is 10.1. The van der Waals surface area contributed by atoms with E-state index in [1.165, 1.54) is 11.3 Å². The largest absolute Gasteiger partial charge is 0.370 e. The van der Waals surface area contributed by atoms with E-state index in [1.54, 1.807) is 12.1 Å². The minimum absolute atomic E-state index is 0.248. The molecule has 0 spiro atoms. The maximum absolute atomic E-state index is 8.94. The third-order valence-electron chi connectivity index (χ3n) is 3.39. The molecular weight excluding hydrogens is 296 g/mol. The third-order valence-corrected chi connectivity index (χ3v) is 3.69. The summed E-state index contributed by atoms with van der Waals surface area (Å²) >= 11 is 5.88. The Morgan fingerprint density at radius 1 is 1.32 bits per heavy atom. The first-order valence-electron chi connectivity index (χ1n) is 7.26. The predicted octanol–water partition coefficient (Wildman–Crippen LogP) is 3.85. The first-order valence-corrected chi connectivity index (χ1v) is 7.64. The van der Waals surface area contributed by atoms with Gasteiger partial charge in [-0.3, -0.25) is 0 Å². The van der Waals surface area contributed by atoms with Crippen molar-refractivity contribution in [3.05, 3.63) is 52.7 Å². The van der Waals surface area contributed by atoms with Crippen LogP contribution >= 0.6 is 11.6 Å². The number of nitrogens with zero attached hydrogens (tertiary/aromatic N) is 3. The van der Waals surface area contributed by atoms with Gasteiger partial charge in [-0.25, -0.2) is 4.98 Å². The molecular formula is C17H19ClN4. The average Bonchev–Trinajstić information content (AvgIpc) is 2.53. The van der Waals surface area contributed by atoms with Crippen molar-refractivity contribution in [2.45, 2.75) is 13.8 Å². The van der Waals surface area contributed by atoms with Gasteiger partial charge < -0.3 is 10.2 Å². The van der Waals surface area contributed by atoms with E-state index in [1.807, 2.05) is 6.07 Å². The van der Waals surface area contributed by atoms with Gasteiger partial charge in [-0.2, -0.15) is 5.26 Å². The SMILES string of the molecule is CCN(CCNc1ccc(Cl)c(C#N)n1)c1cccc(C)c1. The summed E-state index contributed by atoms with van der Waals surface area (Å²) in [6.07, 6.45) is 0. The van der Waals surface area contributed by atoms with Gasteiger partial charge in [0.15, 0.2) is 5.69 Å². The lowest BCUT2D eigenvalue weighted by atomic mass is 10.2. The van der Waals surface area contributed by atoms with Gasteiger partial charge >= 0.3 is 0 Å². The number of nitriles is 1. The smallest absolute Gasteiger partial charge is 0.161 e. The van der Waals surface area contributed by atoms with Crippen LogP contribution in [0.1, 0.15) is 18.2 Å². The van der Waals surface area contributed by atoms with E-state index in [9.17, 15) is 0 Å². The van der Waals surface area contributed by atoms with Crippen molar-refractivity contribution >= 4 is 23.1 Å². The Hall–Kier alpha value is -2.25. The number of hydrogen-bond acceptors (Lipinski definition) is 4. The van der Waals surface area contributed by atoms with Gasteiger partial charge in [-0.15, -0.1) is 0 Å². The van der Waals surface area contributed by atoms with E-state index in [-0.39, 0.29) is 5.69 Å². The number of benzene rings is 1. The number of rotatable bonds is 6. The summed E-state index contributed by atoms with van der Waals surface area (Å²) < 4.78 is 0. The van der Waals surface area contributed by atoms with Gasteiger partial charge in [0.1, 0.15) is 11.9 Å². The zero-order chi connectivity index (χ0) is 15.9. The van der Waals surface area contributed by atoms with E-state index in [4.69, 9.17) is 16.9 Å². The molecule has 0 fully saturated rings. The summed E-state index contributed by atoms with van der Waals surface area (Å²) in [5.41, 5.74) is 2.71. The average molecular weight is 315 g/mol. The Bertz CT molecular complexity index is 679. The molecule has 22 heavy (non-hydrogen) atoms. The number of likely N-dealkylation sites (N-methyl/N-ethyl adjacent to an activating group) is 1. The molecule has 2 aromatic rings. The van der Waals surface area contributed by atoms with Crippen LogP contribution in [0, 0.1) is 18.3 Å². The van der Waals surface area contributed by atoms with Crippen molar-refractivity contribution in [2.75, 3.05) is 29.9 Å². The Labute approximate surface area is 136 Å². The van der Waals surface area contributed by atoms with Crippen molar-refractivity contribution in [2.24, 2.45) is 0 Å². The molecule has 0 saturated carbocycles. The number of halogens is 1. The van der Waals surface area contributed by atoms with Crippen LogP contribution < -0.4 is 10.2 Å². The van der Waals surface area contributed by atoms with E-state index in [0.717, 1.165) is 19.6 Å². The van der Waals surface area contributed by atoms with E-state index >= 15 is 0 Å². The maximum atomic E-state index is 8.94. The monoisotopic (exact) mass is 314 g/mol. The second-order valence-corrected chi connectivity index (χ2v) is 5.39. The molecule has 0 saturated heterocycles. The van der Waals surface area contributed by atoms with Crippen molar-refractivity contribution in [1.82, 2.24) is 4.98 Å². The second-order valence-electron chi connectivity index (χ2n) is 4.98. The molecule has 0 unspecified atom stereocenters. The molecule has 0 radical (unpaired) electrons. The fraction of sp³-hybridized carbons (Fsp3) is 0.294. The quantitative estimate of drug-likeness (QED) is 0.879. The Morgan fingerprint density at radius 3 is 2.82 bits per heavy atom. The first kappa shape index (κ1) is 16.1. The lowest BCUT2D eigenvalue weighted by molar-refractivity contribution is 0.832. The summed E-state index contributed by atoms with van der Waals surface area (Å²) in [6.45, 7) is 6.75. The predicted molar refractivity (Wildman–Crippen MR) is 91.5 cm³/mol. The molecule has 1 aromatic carbocycles. The first-order chi connectivity index (χ1) is 10.6. The lowest BCUT2D eigenvalue weighted by Crippen LogP contribution is -2.29. The number of aromatic nitrogens is 1. The van der Waals surface area contributed by atoms with E-state index in [2.05, 4.69) is 53.3 Å². The number of hydrogen-bond donors (Lipinski definition) is 1. The summed E-state index contributed by atoms with van der Waals surface area (Å²) in [6, 6.07) is 13.9. The topological polar surface area (TPSA) is 52.0 Å². The molecule has 0 bridgehead atoms. The number of pyridine rings is 1. The molecule has 0 atom stereocenters. The Kier molecular flexibility index (Phi) is 5.62. The van der Waals surface area contributed by atoms with E-state index < -0.39 is 0 Å². The van der Waals surface area contributed by atoms with Crippen LogP contribution in [-0.2, 0) is 0 Å². The molecule has 0 amide bonds. The highest BCUT2D eigenvalue weighted by Gasteiger charge is 2.06. The fourth-order valence-corrected chi connectivity index (χ4v) is 2.38. The summed E-state index contributed by atoms with van der Waals surface area (Å²) in [5, 5.41) is 12.5. The Morgan fingerprint density at radius 2 is 2.14 bits per heavy atom. The lowest BCUT2D eigenvalue weighted by Gasteiger charge is -2.23. The van der Waals surface area contributed by atoms with Crippen LogP contribution in [0.5, 0.6) is 0 Å².